The zero-order chi connectivity index (χ0) is 13.5. The molecule has 0 aromatic heterocycles. The first-order chi connectivity index (χ1) is 9.23. The number of hydrogen-bond donors (Lipinski definition) is 0. The molecule has 0 bridgehead atoms. The maximum absolute atomic E-state index is 12.2. The van der Waals surface area contributed by atoms with Gasteiger partial charge in [-0.3, -0.25) is 4.79 Å². The minimum Gasteiger partial charge on any atom is -0.469 e. The highest BCUT2D eigenvalue weighted by Crippen LogP contribution is 2.71. The molecule has 0 radical (unpaired) electrons. The van der Waals surface area contributed by atoms with E-state index in [4.69, 9.17) is 9.47 Å². The van der Waals surface area contributed by atoms with Crippen LogP contribution in [0.5, 0.6) is 0 Å². The van der Waals surface area contributed by atoms with Crippen LogP contribution in [0.2, 0.25) is 0 Å². The zero-order valence-electron chi connectivity index (χ0n) is 11.5. The average molecular weight is 260 g/mol. The highest BCUT2D eigenvalue weighted by molar-refractivity contribution is 5.83. The van der Waals surface area contributed by atoms with Crippen LogP contribution in [0.1, 0.15) is 31.2 Å². The molecule has 2 aliphatic carbocycles. The van der Waals surface area contributed by atoms with E-state index in [0.29, 0.717) is 0 Å². The second-order valence-corrected chi connectivity index (χ2v) is 5.59. The molecule has 0 aliphatic heterocycles. The predicted octanol–water partition coefficient (Wildman–Crippen LogP) is 2.69. The van der Waals surface area contributed by atoms with Crippen LogP contribution in [0.3, 0.4) is 0 Å². The summed E-state index contributed by atoms with van der Waals surface area (Å²) in [7, 11) is 3.20. The van der Waals surface area contributed by atoms with Crippen molar-refractivity contribution in [3.63, 3.8) is 0 Å². The third-order valence-electron chi connectivity index (χ3n) is 5.09. The summed E-state index contributed by atoms with van der Waals surface area (Å²) in [5.74, 6) is -0.285. The van der Waals surface area contributed by atoms with Crippen molar-refractivity contribution >= 4 is 5.97 Å². The number of ether oxygens (including phenoxy) is 2. The minimum absolute atomic E-state index is 0.132. The monoisotopic (exact) mass is 260 g/mol. The highest BCUT2D eigenvalue weighted by atomic mass is 16.5. The van der Waals surface area contributed by atoms with Gasteiger partial charge >= 0.3 is 5.97 Å². The standard InChI is InChI=1S/C16H20O3/c1-18-14(17)13-15(12-8-4-3-5-9-12)10-6-7-11-16(13,15)19-2/h3-5,8-9,13H,6-7,10-11H2,1-2H3/t13-,15+,16-/m0/s1. The molecule has 0 amide bonds. The summed E-state index contributed by atoms with van der Waals surface area (Å²) in [6.07, 6.45) is 4.21. The van der Waals surface area contributed by atoms with E-state index in [1.54, 1.807) is 7.11 Å². The van der Waals surface area contributed by atoms with Crippen LogP contribution in [0.25, 0.3) is 0 Å². The Morgan fingerprint density at radius 1 is 1.16 bits per heavy atom. The molecular formula is C16H20O3. The number of rotatable bonds is 3. The van der Waals surface area contributed by atoms with Crippen molar-refractivity contribution in [1.82, 2.24) is 0 Å². The maximum atomic E-state index is 12.2. The van der Waals surface area contributed by atoms with Crippen LogP contribution in [0.15, 0.2) is 30.3 Å². The lowest BCUT2D eigenvalue weighted by atomic mass is 9.80. The molecule has 102 valence electrons. The van der Waals surface area contributed by atoms with Crippen LogP contribution >= 0.6 is 0 Å². The Morgan fingerprint density at radius 3 is 2.47 bits per heavy atom. The molecule has 2 saturated carbocycles. The Bertz CT molecular complexity index is 484. The van der Waals surface area contributed by atoms with Crippen LogP contribution < -0.4 is 0 Å². The third kappa shape index (κ3) is 1.45. The molecule has 19 heavy (non-hydrogen) atoms. The quantitative estimate of drug-likeness (QED) is 0.784. The fourth-order valence-electron chi connectivity index (χ4n) is 4.29. The molecule has 0 spiro atoms. The van der Waals surface area contributed by atoms with E-state index in [-0.39, 0.29) is 22.9 Å². The lowest BCUT2D eigenvalue weighted by molar-refractivity contribution is -0.144. The summed E-state index contributed by atoms with van der Waals surface area (Å²) < 4.78 is 10.9. The van der Waals surface area contributed by atoms with E-state index in [1.807, 2.05) is 18.2 Å². The van der Waals surface area contributed by atoms with Gasteiger partial charge in [-0.2, -0.15) is 0 Å². The summed E-state index contributed by atoms with van der Waals surface area (Å²) >= 11 is 0. The summed E-state index contributed by atoms with van der Waals surface area (Å²) in [5, 5.41) is 0. The van der Waals surface area contributed by atoms with E-state index in [1.165, 1.54) is 12.7 Å². The van der Waals surface area contributed by atoms with E-state index >= 15 is 0 Å². The van der Waals surface area contributed by atoms with Gasteiger partial charge in [0.05, 0.1) is 18.6 Å². The number of fused-ring (bicyclic) bond motifs is 1. The Hall–Kier alpha value is -1.35. The van der Waals surface area contributed by atoms with E-state index in [9.17, 15) is 4.79 Å². The van der Waals surface area contributed by atoms with Crippen molar-refractivity contribution in [2.24, 2.45) is 5.92 Å². The van der Waals surface area contributed by atoms with Gasteiger partial charge in [-0.15, -0.1) is 0 Å². The van der Waals surface area contributed by atoms with Crippen molar-refractivity contribution in [2.45, 2.75) is 36.7 Å². The maximum Gasteiger partial charge on any atom is 0.312 e. The lowest BCUT2D eigenvalue weighted by Gasteiger charge is -2.29. The number of benzene rings is 1. The first-order valence-corrected chi connectivity index (χ1v) is 6.91. The SMILES string of the molecule is COC(=O)[C@@H]1[C@@]2(OC)CCCC[C@@]12c1ccccc1. The molecular weight excluding hydrogens is 240 g/mol. The van der Waals surface area contributed by atoms with Crippen molar-refractivity contribution in [3.8, 4) is 0 Å². The molecule has 3 heteroatoms. The van der Waals surface area contributed by atoms with Gasteiger partial charge in [-0.05, 0) is 18.4 Å². The fourth-order valence-corrected chi connectivity index (χ4v) is 4.29. The number of methoxy groups -OCH3 is 2. The van der Waals surface area contributed by atoms with Crippen LogP contribution in [-0.2, 0) is 19.7 Å². The van der Waals surface area contributed by atoms with Gasteiger partial charge in [-0.25, -0.2) is 0 Å². The smallest absolute Gasteiger partial charge is 0.312 e. The van der Waals surface area contributed by atoms with Crippen molar-refractivity contribution in [2.75, 3.05) is 14.2 Å². The molecule has 1 aromatic carbocycles. The largest absolute Gasteiger partial charge is 0.469 e. The fraction of sp³-hybridized carbons (Fsp3) is 0.562. The van der Waals surface area contributed by atoms with Gasteiger partial charge in [0.15, 0.2) is 0 Å². The van der Waals surface area contributed by atoms with Gasteiger partial charge in [0, 0.05) is 12.5 Å². The Morgan fingerprint density at radius 2 is 1.84 bits per heavy atom. The summed E-state index contributed by atoms with van der Waals surface area (Å²) in [6, 6.07) is 10.3. The summed E-state index contributed by atoms with van der Waals surface area (Å²) in [4.78, 5) is 12.2. The van der Waals surface area contributed by atoms with Gasteiger partial charge in [0.25, 0.3) is 0 Å². The molecule has 3 atom stereocenters. The summed E-state index contributed by atoms with van der Waals surface area (Å²) in [5.41, 5.74) is 0.695. The van der Waals surface area contributed by atoms with Gasteiger partial charge in [0.1, 0.15) is 0 Å². The first-order valence-electron chi connectivity index (χ1n) is 6.91. The van der Waals surface area contributed by atoms with Crippen molar-refractivity contribution in [1.29, 1.82) is 0 Å². The minimum atomic E-state index is -0.348. The van der Waals surface area contributed by atoms with Crippen LogP contribution in [-0.4, -0.2) is 25.8 Å². The van der Waals surface area contributed by atoms with Crippen LogP contribution in [0, 0.1) is 5.92 Å². The third-order valence-corrected chi connectivity index (χ3v) is 5.09. The molecule has 3 rings (SSSR count). The molecule has 0 unspecified atom stereocenters. The number of esters is 1. The Kier molecular flexibility index (Phi) is 2.90. The van der Waals surface area contributed by atoms with Gasteiger partial charge < -0.3 is 9.47 Å². The highest BCUT2D eigenvalue weighted by Gasteiger charge is 2.81. The Balaban J connectivity index is 2.08. The van der Waals surface area contributed by atoms with Gasteiger partial charge in [0.2, 0.25) is 0 Å². The normalized spacial score (nSPS) is 36.4. The van der Waals surface area contributed by atoms with E-state index in [0.717, 1.165) is 25.7 Å². The molecule has 3 nitrogen and oxygen atoms in total. The Labute approximate surface area is 113 Å². The predicted molar refractivity (Wildman–Crippen MR) is 71.8 cm³/mol. The van der Waals surface area contributed by atoms with E-state index in [2.05, 4.69) is 12.1 Å². The second kappa shape index (κ2) is 4.34. The molecule has 1 aromatic rings. The number of carbonyl (C=O) groups is 1. The molecule has 2 fully saturated rings. The molecule has 2 aliphatic rings. The van der Waals surface area contributed by atoms with E-state index < -0.39 is 0 Å². The number of carbonyl (C=O) groups excluding carboxylic acids is 1. The first kappa shape index (κ1) is 12.7. The van der Waals surface area contributed by atoms with Crippen molar-refractivity contribution < 1.29 is 14.3 Å². The van der Waals surface area contributed by atoms with Crippen LogP contribution in [0.4, 0.5) is 0 Å². The van der Waals surface area contributed by atoms with Gasteiger partial charge in [-0.1, -0.05) is 43.2 Å². The average Bonchev–Trinajstić information content (AvgIpc) is 3.12. The zero-order valence-corrected chi connectivity index (χ0v) is 11.5. The number of hydrogen-bond acceptors (Lipinski definition) is 3. The molecule has 0 saturated heterocycles. The second-order valence-electron chi connectivity index (χ2n) is 5.59. The van der Waals surface area contributed by atoms with Crippen molar-refractivity contribution in [3.05, 3.63) is 35.9 Å². The summed E-state index contributed by atoms with van der Waals surface area (Å²) in [6.45, 7) is 0. The lowest BCUT2D eigenvalue weighted by Crippen LogP contribution is -2.29. The molecule has 0 heterocycles. The molecule has 0 N–H and O–H groups in total. The topological polar surface area (TPSA) is 35.5 Å².